The molecule has 0 spiro atoms. The number of hydrogen-bond acceptors (Lipinski definition) is 3. The van der Waals surface area contributed by atoms with Gasteiger partial charge in [0.05, 0.1) is 12.6 Å². The van der Waals surface area contributed by atoms with Crippen molar-refractivity contribution in [3.8, 4) is 0 Å². The quantitative estimate of drug-likeness (QED) is 0.507. The fourth-order valence-electron chi connectivity index (χ4n) is 4.31. The molecule has 1 atom stereocenters. The Kier molecular flexibility index (Phi) is 8.08. The van der Waals surface area contributed by atoms with Crippen LogP contribution in [0.2, 0.25) is 0 Å². The summed E-state index contributed by atoms with van der Waals surface area (Å²) in [5.41, 5.74) is 3.61. The highest BCUT2D eigenvalue weighted by molar-refractivity contribution is 7.10. The van der Waals surface area contributed by atoms with Crippen molar-refractivity contribution >= 4 is 23.2 Å². The van der Waals surface area contributed by atoms with Gasteiger partial charge in [0.2, 0.25) is 11.8 Å². The summed E-state index contributed by atoms with van der Waals surface area (Å²) < 4.78 is 0. The molecule has 30 heavy (non-hydrogen) atoms. The van der Waals surface area contributed by atoms with Crippen molar-refractivity contribution in [2.75, 3.05) is 19.6 Å². The average molecular weight is 427 g/mol. The number of nitrogens with zero attached hydrogens (tertiary/aromatic N) is 2. The van der Waals surface area contributed by atoms with Gasteiger partial charge in [-0.3, -0.25) is 9.59 Å². The number of unbranched alkanes of at least 4 members (excludes halogenated alkanes) is 3. The van der Waals surface area contributed by atoms with Crippen molar-refractivity contribution in [3.63, 3.8) is 0 Å². The summed E-state index contributed by atoms with van der Waals surface area (Å²) in [7, 11) is 0. The smallest absolute Gasteiger partial charge is 0.242 e. The van der Waals surface area contributed by atoms with Crippen LogP contribution in [-0.4, -0.2) is 41.2 Å². The van der Waals surface area contributed by atoms with Crippen LogP contribution in [0.4, 0.5) is 0 Å². The topological polar surface area (TPSA) is 40.6 Å². The molecule has 0 unspecified atom stereocenters. The van der Waals surface area contributed by atoms with E-state index < -0.39 is 0 Å². The van der Waals surface area contributed by atoms with E-state index in [1.54, 1.807) is 16.2 Å². The lowest BCUT2D eigenvalue weighted by molar-refractivity contribution is -0.141. The van der Waals surface area contributed by atoms with Gasteiger partial charge in [-0.1, -0.05) is 50.5 Å². The molecule has 2 heterocycles. The number of thiophene rings is 1. The molecule has 0 radical (unpaired) electrons. The van der Waals surface area contributed by atoms with Crippen molar-refractivity contribution in [3.05, 3.63) is 57.3 Å². The first-order chi connectivity index (χ1) is 14.6. The minimum absolute atomic E-state index is 0.0452. The van der Waals surface area contributed by atoms with Gasteiger partial charge in [-0.25, -0.2) is 0 Å². The van der Waals surface area contributed by atoms with Crippen LogP contribution in [0.5, 0.6) is 0 Å². The molecule has 2 aromatic rings. The Morgan fingerprint density at radius 3 is 2.63 bits per heavy atom. The van der Waals surface area contributed by atoms with Gasteiger partial charge < -0.3 is 9.80 Å². The zero-order valence-electron chi connectivity index (χ0n) is 18.5. The molecule has 162 valence electrons. The zero-order chi connectivity index (χ0) is 21.5. The lowest BCUT2D eigenvalue weighted by atomic mass is 9.90. The van der Waals surface area contributed by atoms with Gasteiger partial charge in [-0.15, -0.1) is 11.3 Å². The van der Waals surface area contributed by atoms with Crippen molar-refractivity contribution in [2.45, 2.75) is 65.3 Å². The van der Waals surface area contributed by atoms with Crippen molar-refractivity contribution in [1.29, 1.82) is 0 Å². The Morgan fingerprint density at radius 2 is 1.90 bits per heavy atom. The maximum absolute atomic E-state index is 13.4. The van der Waals surface area contributed by atoms with Crippen LogP contribution >= 0.6 is 11.3 Å². The second kappa shape index (κ2) is 10.8. The third-order valence-electron chi connectivity index (χ3n) is 6.07. The molecular weight excluding hydrogens is 392 g/mol. The molecule has 0 saturated heterocycles. The minimum atomic E-state index is -0.0629. The van der Waals surface area contributed by atoms with E-state index in [1.807, 2.05) is 24.0 Å². The van der Waals surface area contributed by atoms with Crippen LogP contribution in [0.3, 0.4) is 0 Å². The van der Waals surface area contributed by atoms with E-state index in [9.17, 15) is 9.59 Å². The second-order valence-corrected chi connectivity index (χ2v) is 9.11. The largest absolute Gasteiger partial charge is 0.334 e. The van der Waals surface area contributed by atoms with E-state index in [-0.39, 0.29) is 24.4 Å². The Hall–Kier alpha value is -2.14. The first kappa shape index (κ1) is 22.5. The molecule has 0 saturated carbocycles. The summed E-state index contributed by atoms with van der Waals surface area (Å²) in [5.74, 6) is 0.145. The van der Waals surface area contributed by atoms with Gasteiger partial charge in [-0.05, 0) is 54.8 Å². The fraction of sp³-hybridized carbons (Fsp3) is 0.520. The van der Waals surface area contributed by atoms with E-state index in [1.165, 1.54) is 21.6 Å². The van der Waals surface area contributed by atoms with Crippen LogP contribution in [0.25, 0.3) is 0 Å². The standard InChI is InChI=1S/C25H34N2O2S/c1-4-6-7-8-13-23(28)26(5-2)18-24(29)27-16-14-22-21(15-17-30-22)25(27)20-12-10-9-11-19(20)3/h9-12,15,17,25H,4-8,13-14,16,18H2,1-3H3/t25-/m0/s1. The summed E-state index contributed by atoms with van der Waals surface area (Å²) in [4.78, 5) is 31.2. The molecule has 3 rings (SSSR count). The maximum atomic E-state index is 13.4. The Labute approximate surface area is 184 Å². The Bertz CT molecular complexity index is 860. The highest BCUT2D eigenvalue weighted by Gasteiger charge is 2.34. The number of benzene rings is 1. The fourth-order valence-corrected chi connectivity index (χ4v) is 5.21. The molecule has 0 aliphatic carbocycles. The SMILES string of the molecule is CCCCCCC(=O)N(CC)CC(=O)N1CCc2sccc2[C@@H]1c1ccccc1C. The number of carbonyl (C=O) groups excluding carboxylic acids is 2. The molecule has 1 aromatic heterocycles. The molecule has 1 aliphatic rings. The van der Waals surface area contributed by atoms with Crippen molar-refractivity contribution in [2.24, 2.45) is 0 Å². The predicted molar refractivity (Wildman–Crippen MR) is 124 cm³/mol. The van der Waals surface area contributed by atoms with Gasteiger partial charge in [0, 0.05) is 24.4 Å². The molecular formula is C25H34N2O2S. The van der Waals surface area contributed by atoms with Gasteiger partial charge in [-0.2, -0.15) is 0 Å². The summed E-state index contributed by atoms with van der Waals surface area (Å²) in [5, 5.41) is 2.13. The Balaban J connectivity index is 1.76. The highest BCUT2D eigenvalue weighted by atomic mass is 32.1. The van der Waals surface area contributed by atoms with E-state index in [0.717, 1.165) is 32.1 Å². The number of amides is 2. The number of fused-ring (bicyclic) bond motifs is 1. The summed E-state index contributed by atoms with van der Waals surface area (Å²) in [6.45, 7) is 7.69. The molecule has 5 heteroatoms. The average Bonchev–Trinajstić information content (AvgIpc) is 3.23. The molecule has 1 aromatic carbocycles. The van der Waals surface area contributed by atoms with Crippen molar-refractivity contribution in [1.82, 2.24) is 9.80 Å². The van der Waals surface area contributed by atoms with E-state index in [2.05, 4.69) is 37.4 Å². The number of carbonyl (C=O) groups is 2. The predicted octanol–water partition coefficient (Wildman–Crippen LogP) is 5.35. The highest BCUT2D eigenvalue weighted by Crippen LogP contribution is 2.38. The van der Waals surface area contributed by atoms with Crippen LogP contribution in [0.1, 0.15) is 73.6 Å². The second-order valence-electron chi connectivity index (χ2n) is 8.11. The summed E-state index contributed by atoms with van der Waals surface area (Å²) >= 11 is 1.78. The molecule has 4 nitrogen and oxygen atoms in total. The van der Waals surface area contributed by atoms with Gasteiger partial charge in [0.15, 0.2) is 0 Å². The lowest BCUT2D eigenvalue weighted by Gasteiger charge is -2.38. The first-order valence-electron chi connectivity index (χ1n) is 11.3. The van der Waals surface area contributed by atoms with E-state index in [4.69, 9.17) is 0 Å². The molecule has 1 aliphatic heterocycles. The van der Waals surface area contributed by atoms with Gasteiger partial charge in [0.25, 0.3) is 0 Å². The Morgan fingerprint density at radius 1 is 1.10 bits per heavy atom. The van der Waals surface area contributed by atoms with Crippen molar-refractivity contribution < 1.29 is 9.59 Å². The minimum Gasteiger partial charge on any atom is -0.334 e. The van der Waals surface area contributed by atoms with Crippen LogP contribution < -0.4 is 0 Å². The number of likely N-dealkylation sites (N-methyl/N-ethyl adjacent to an activating group) is 1. The lowest BCUT2D eigenvalue weighted by Crippen LogP contribution is -2.46. The molecule has 0 N–H and O–H groups in total. The monoisotopic (exact) mass is 426 g/mol. The molecule has 0 fully saturated rings. The maximum Gasteiger partial charge on any atom is 0.242 e. The van der Waals surface area contributed by atoms with Crippen LogP contribution in [0, 0.1) is 6.92 Å². The van der Waals surface area contributed by atoms with Crippen LogP contribution in [-0.2, 0) is 16.0 Å². The summed E-state index contributed by atoms with van der Waals surface area (Å²) in [6, 6.07) is 10.4. The number of aryl methyl sites for hydroxylation is 1. The summed E-state index contributed by atoms with van der Waals surface area (Å²) in [6.07, 6.45) is 5.73. The van der Waals surface area contributed by atoms with Crippen LogP contribution in [0.15, 0.2) is 35.7 Å². The zero-order valence-corrected chi connectivity index (χ0v) is 19.3. The molecule has 2 amide bonds. The van der Waals surface area contributed by atoms with E-state index in [0.29, 0.717) is 19.5 Å². The van der Waals surface area contributed by atoms with Gasteiger partial charge >= 0.3 is 0 Å². The molecule has 0 bridgehead atoms. The number of hydrogen-bond donors (Lipinski definition) is 0. The normalized spacial score (nSPS) is 15.7. The van der Waals surface area contributed by atoms with E-state index >= 15 is 0 Å². The first-order valence-corrected chi connectivity index (χ1v) is 12.1. The third kappa shape index (κ3) is 5.12. The number of rotatable bonds is 9. The third-order valence-corrected chi connectivity index (χ3v) is 7.07. The van der Waals surface area contributed by atoms with Gasteiger partial charge in [0.1, 0.15) is 0 Å².